The summed E-state index contributed by atoms with van der Waals surface area (Å²) in [5, 5.41) is 4.20. The molecule has 2 aromatic heterocycles. The molecule has 0 spiro atoms. The van der Waals surface area contributed by atoms with Crippen LogP contribution in [0.2, 0.25) is 0 Å². The van der Waals surface area contributed by atoms with E-state index in [1.807, 2.05) is 46.0 Å². The van der Waals surface area contributed by atoms with E-state index >= 15 is 0 Å². The largest absolute Gasteiger partial charge is 0.458 e. The van der Waals surface area contributed by atoms with Crippen LogP contribution in [-0.4, -0.2) is 35.5 Å². The van der Waals surface area contributed by atoms with E-state index in [9.17, 15) is 9.59 Å². The van der Waals surface area contributed by atoms with Crippen molar-refractivity contribution in [3.8, 4) is 22.9 Å². The number of fused-ring (bicyclic) bond motifs is 6. The number of aromatic nitrogens is 2. The Morgan fingerprint density at radius 1 is 1.14 bits per heavy atom. The summed E-state index contributed by atoms with van der Waals surface area (Å²) >= 11 is 0. The zero-order chi connectivity index (χ0) is 24.5. The number of carbonyl (C=O) groups is 1. The predicted octanol–water partition coefficient (Wildman–Crippen LogP) is 2.96. The van der Waals surface area contributed by atoms with Gasteiger partial charge in [-0.2, -0.15) is 0 Å². The van der Waals surface area contributed by atoms with Crippen molar-refractivity contribution in [1.29, 1.82) is 0 Å². The lowest BCUT2D eigenvalue weighted by atomic mass is 9.85. The van der Waals surface area contributed by atoms with E-state index in [1.165, 1.54) is 0 Å². The highest BCUT2D eigenvalue weighted by atomic mass is 16.7. The third-order valence-electron chi connectivity index (χ3n) is 7.06. The van der Waals surface area contributed by atoms with Gasteiger partial charge in [-0.1, -0.05) is 6.92 Å². The molecule has 0 bridgehead atoms. The second-order valence-electron chi connectivity index (χ2n) is 9.41. The Labute approximate surface area is 202 Å². The average molecular weight is 478 g/mol. The lowest BCUT2D eigenvalue weighted by Crippen LogP contribution is -2.47. The van der Waals surface area contributed by atoms with Gasteiger partial charge in [0.15, 0.2) is 17.1 Å². The number of benzene rings is 1. The minimum atomic E-state index is -1.32. The van der Waals surface area contributed by atoms with E-state index in [0.717, 1.165) is 27.7 Å². The molecular weight excluding hydrogens is 450 g/mol. The molecule has 182 valence electrons. The lowest BCUT2D eigenvalue weighted by molar-refractivity contribution is -0.187. The standard InChI is InChI=1S/C26H27N3O6/c1-5-26(35-13(2)3)18-7-20-23-16(10-29(20)24(30)17(18)11-32-25(26)31)15(9-27-4)14-6-21-22(34-12-33-21)8-19(14)28-23/h6-8,13,27H,5,9-12H2,1-4H3/t26-/m0/s1. The van der Waals surface area contributed by atoms with E-state index in [4.69, 9.17) is 23.9 Å². The van der Waals surface area contributed by atoms with E-state index in [0.29, 0.717) is 47.8 Å². The summed E-state index contributed by atoms with van der Waals surface area (Å²) in [5.41, 5.74) is 3.74. The first kappa shape index (κ1) is 22.1. The second-order valence-corrected chi connectivity index (χ2v) is 9.41. The Morgan fingerprint density at radius 2 is 1.91 bits per heavy atom. The second kappa shape index (κ2) is 7.79. The molecule has 0 saturated heterocycles. The molecule has 6 rings (SSSR count). The molecule has 0 saturated carbocycles. The van der Waals surface area contributed by atoms with Crippen LogP contribution in [0.25, 0.3) is 22.3 Å². The highest BCUT2D eigenvalue weighted by Crippen LogP contribution is 2.44. The summed E-state index contributed by atoms with van der Waals surface area (Å²) in [7, 11) is 1.89. The minimum absolute atomic E-state index is 0.0625. The highest BCUT2D eigenvalue weighted by molar-refractivity contribution is 5.91. The lowest BCUT2D eigenvalue weighted by Gasteiger charge is -2.37. The fourth-order valence-corrected chi connectivity index (χ4v) is 5.52. The van der Waals surface area contributed by atoms with Crippen molar-refractivity contribution in [3.63, 3.8) is 0 Å². The summed E-state index contributed by atoms with van der Waals surface area (Å²) in [6.07, 6.45) is 0.122. The van der Waals surface area contributed by atoms with Crippen LogP contribution in [-0.2, 0) is 39.6 Å². The van der Waals surface area contributed by atoms with E-state index in [2.05, 4.69) is 5.32 Å². The third kappa shape index (κ3) is 3.04. The molecule has 0 amide bonds. The molecule has 9 heteroatoms. The Hall–Kier alpha value is -3.43. The summed E-state index contributed by atoms with van der Waals surface area (Å²) in [6, 6.07) is 5.75. The van der Waals surface area contributed by atoms with Gasteiger partial charge >= 0.3 is 5.97 Å². The number of ether oxygens (including phenoxy) is 4. The quantitative estimate of drug-likeness (QED) is 0.438. The third-order valence-corrected chi connectivity index (χ3v) is 7.06. The molecule has 3 aliphatic rings. The molecule has 3 aliphatic heterocycles. The smallest absolute Gasteiger partial charge is 0.343 e. The van der Waals surface area contributed by atoms with Crippen LogP contribution >= 0.6 is 0 Å². The topological polar surface area (TPSA) is 101 Å². The molecule has 1 N–H and O–H groups in total. The van der Waals surface area contributed by atoms with Gasteiger partial charge in [-0.3, -0.25) is 4.79 Å². The fourth-order valence-electron chi connectivity index (χ4n) is 5.52. The van der Waals surface area contributed by atoms with Gasteiger partial charge in [-0.15, -0.1) is 0 Å². The molecule has 1 atom stereocenters. The SMILES string of the molecule is CC[C@@]1(OC(C)C)C(=O)OCc2c1cc1n(c2=O)Cc2c-1nc1cc3c(cc1c2CNC)OCO3. The number of nitrogens with zero attached hydrogens (tertiary/aromatic N) is 2. The normalized spacial score (nSPS) is 19.6. The van der Waals surface area contributed by atoms with Gasteiger partial charge in [0.25, 0.3) is 5.56 Å². The van der Waals surface area contributed by atoms with Gasteiger partial charge in [0, 0.05) is 29.1 Å². The van der Waals surface area contributed by atoms with Crippen LogP contribution in [0.5, 0.6) is 11.5 Å². The number of hydrogen-bond donors (Lipinski definition) is 1. The van der Waals surface area contributed by atoms with Crippen LogP contribution < -0.4 is 20.3 Å². The Kier molecular flexibility index (Phi) is 4.91. The molecule has 5 heterocycles. The molecule has 0 radical (unpaired) electrons. The zero-order valence-electron chi connectivity index (χ0n) is 20.2. The Morgan fingerprint density at radius 3 is 2.63 bits per heavy atom. The van der Waals surface area contributed by atoms with Gasteiger partial charge in [0.05, 0.1) is 35.1 Å². The van der Waals surface area contributed by atoms with Crippen molar-refractivity contribution in [2.24, 2.45) is 0 Å². The van der Waals surface area contributed by atoms with Crippen molar-refractivity contribution in [2.75, 3.05) is 13.8 Å². The number of hydrogen-bond acceptors (Lipinski definition) is 8. The number of nitrogens with one attached hydrogen (secondary N) is 1. The van der Waals surface area contributed by atoms with Crippen LogP contribution in [0.4, 0.5) is 0 Å². The summed E-state index contributed by atoms with van der Waals surface area (Å²) in [6.45, 7) is 6.72. The van der Waals surface area contributed by atoms with Crippen molar-refractivity contribution in [1.82, 2.24) is 14.9 Å². The van der Waals surface area contributed by atoms with Crippen LogP contribution in [0.1, 0.15) is 49.4 Å². The molecule has 35 heavy (non-hydrogen) atoms. The molecule has 9 nitrogen and oxygen atoms in total. The van der Waals surface area contributed by atoms with Crippen molar-refractivity contribution in [2.45, 2.75) is 58.6 Å². The van der Waals surface area contributed by atoms with Gasteiger partial charge in [-0.25, -0.2) is 9.78 Å². The number of esters is 1. The first-order chi connectivity index (χ1) is 16.9. The minimum Gasteiger partial charge on any atom is -0.458 e. The number of rotatable bonds is 5. The molecular formula is C26H27N3O6. The van der Waals surface area contributed by atoms with Crippen molar-refractivity contribution in [3.05, 3.63) is 50.8 Å². The Balaban J connectivity index is 1.62. The monoisotopic (exact) mass is 477 g/mol. The highest BCUT2D eigenvalue weighted by Gasteiger charge is 2.48. The van der Waals surface area contributed by atoms with Crippen LogP contribution in [0, 0.1) is 0 Å². The van der Waals surface area contributed by atoms with Gasteiger partial charge < -0.3 is 28.8 Å². The van der Waals surface area contributed by atoms with Gasteiger partial charge in [0.2, 0.25) is 6.79 Å². The summed E-state index contributed by atoms with van der Waals surface area (Å²) in [5.74, 6) is 0.882. The summed E-state index contributed by atoms with van der Waals surface area (Å²) < 4.78 is 24.5. The first-order valence-electron chi connectivity index (χ1n) is 11.9. The van der Waals surface area contributed by atoms with E-state index < -0.39 is 11.6 Å². The molecule has 3 aromatic rings. The molecule has 0 fully saturated rings. The van der Waals surface area contributed by atoms with Crippen molar-refractivity contribution < 1.29 is 23.7 Å². The summed E-state index contributed by atoms with van der Waals surface area (Å²) in [4.78, 5) is 31.7. The Bertz CT molecular complexity index is 1460. The van der Waals surface area contributed by atoms with Crippen molar-refractivity contribution >= 4 is 16.9 Å². The zero-order valence-corrected chi connectivity index (χ0v) is 20.2. The molecule has 0 unspecified atom stereocenters. The maximum absolute atomic E-state index is 13.7. The van der Waals surface area contributed by atoms with E-state index in [1.54, 1.807) is 4.57 Å². The fraction of sp³-hybridized carbons (Fsp3) is 0.423. The average Bonchev–Trinajstić information content (AvgIpc) is 3.44. The number of carbonyl (C=O) groups excluding carboxylic acids is 1. The van der Waals surface area contributed by atoms with E-state index in [-0.39, 0.29) is 25.1 Å². The predicted molar refractivity (Wildman–Crippen MR) is 127 cm³/mol. The number of pyridine rings is 2. The van der Waals surface area contributed by atoms with Crippen LogP contribution in [0.15, 0.2) is 23.0 Å². The maximum Gasteiger partial charge on any atom is 0.343 e. The first-order valence-corrected chi connectivity index (χ1v) is 11.9. The van der Waals surface area contributed by atoms with Crippen LogP contribution in [0.3, 0.4) is 0 Å². The molecule has 0 aliphatic carbocycles. The molecule has 1 aromatic carbocycles. The maximum atomic E-state index is 13.7. The van der Waals surface area contributed by atoms with Gasteiger partial charge in [0.1, 0.15) is 6.61 Å². The number of cyclic esters (lactones) is 1. The van der Waals surface area contributed by atoms with Gasteiger partial charge in [-0.05, 0) is 45.0 Å².